The van der Waals surface area contributed by atoms with Gasteiger partial charge in [-0.3, -0.25) is 0 Å². The van der Waals surface area contributed by atoms with Crippen LogP contribution in [0.2, 0.25) is 5.02 Å². The quantitative estimate of drug-likeness (QED) is 0.858. The third kappa shape index (κ3) is 3.41. The Morgan fingerprint density at radius 1 is 1.56 bits per heavy atom. The van der Waals surface area contributed by atoms with E-state index < -0.39 is 0 Å². The first kappa shape index (κ1) is 12.8. The molecule has 0 spiro atoms. The molecular weight excluding hydrogens is 224 g/mol. The summed E-state index contributed by atoms with van der Waals surface area (Å²) in [5, 5.41) is 12.6. The molecule has 4 heteroatoms. The Balaban J connectivity index is 2.67. The lowest BCUT2D eigenvalue weighted by Gasteiger charge is -2.13. The van der Waals surface area contributed by atoms with Gasteiger partial charge in [-0.2, -0.15) is 5.26 Å². The molecule has 1 aromatic rings. The molecule has 0 aliphatic carbocycles. The Morgan fingerprint density at radius 3 is 2.94 bits per heavy atom. The SMILES string of the molecule is COCC(C)CNc1cccc(Cl)c1C#N. The summed E-state index contributed by atoms with van der Waals surface area (Å²) in [6.45, 7) is 3.52. The molecule has 3 nitrogen and oxygen atoms in total. The van der Waals surface area contributed by atoms with E-state index in [1.807, 2.05) is 12.1 Å². The van der Waals surface area contributed by atoms with Gasteiger partial charge in [0.1, 0.15) is 6.07 Å². The van der Waals surface area contributed by atoms with E-state index >= 15 is 0 Å². The number of benzene rings is 1. The van der Waals surface area contributed by atoms with E-state index in [-0.39, 0.29) is 0 Å². The van der Waals surface area contributed by atoms with Gasteiger partial charge in [0, 0.05) is 13.7 Å². The van der Waals surface area contributed by atoms with E-state index in [4.69, 9.17) is 21.6 Å². The van der Waals surface area contributed by atoms with Crippen LogP contribution < -0.4 is 5.32 Å². The molecule has 0 saturated carbocycles. The highest BCUT2D eigenvalue weighted by atomic mass is 35.5. The fourth-order valence-electron chi connectivity index (χ4n) is 1.41. The van der Waals surface area contributed by atoms with Crippen LogP contribution in [0.1, 0.15) is 12.5 Å². The van der Waals surface area contributed by atoms with E-state index in [1.54, 1.807) is 13.2 Å². The van der Waals surface area contributed by atoms with Crippen LogP contribution in [0.5, 0.6) is 0 Å². The maximum absolute atomic E-state index is 8.97. The van der Waals surface area contributed by atoms with Gasteiger partial charge >= 0.3 is 0 Å². The summed E-state index contributed by atoms with van der Waals surface area (Å²) in [6, 6.07) is 7.48. The number of nitriles is 1. The Kier molecular flexibility index (Phi) is 5.10. The molecule has 0 aromatic heterocycles. The summed E-state index contributed by atoms with van der Waals surface area (Å²) in [5.41, 5.74) is 1.27. The summed E-state index contributed by atoms with van der Waals surface area (Å²) in [6.07, 6.45) is 0. The Labute approximate surface area is 101 Å². The molecule has 0 amide bonds. The van der Waals surface area contributed by atoms with Gasteiger partial charge in [0.15, 0.2) is 0 Å². The van der Waals surface area contributed by atoms with Crippen LogP contribution in [0.15, 0.2) is 18.2 Å². The van der Waals surface area contributed by atoms with Crippen molar-refractivity contribution >= 4 is 17.3 Å². The summed E-state index contributed by atoms with van der Waals surface area (Å²) >= 11 is 5.92. The molecule has 1 rings (SSSR count). The van der Waals surface area contributed by atoms with Crippen molar-refractivity contribution in [3.63, 3.8) is 0 Å². The third-order valence-corrected chi connectivity index (χ3v) is 2.53. The monoisotopic (exact) mass is 238 g/mol. The van der Waals surface area contributed by atoms with Gasteiger partial charge in [-0.15, -0.1) is 0 Å². The fraction of sp³-hybridized carbons (Fsp3) is 0.417. The fourth-order valence-corrected chi connectivity index (χ4v) is 1.63. The molecule has 1 aromatic carbocycles. The average molecular weight is 239 g/mol. The molecule has 1 N–H and O–H groups in total. The van der Waals surface area contributed by atoms with E-state index in [0.29, 0.717) is 23.1 Å². The largest absolute Gasteiger partial charge is 0.384 e. The Hall–Kier alpha value is -1.24. The van der Waals surface area contributed by atoms with Gasteiger partial charge in [-0.1, -0.05) is 24.6 Å². The number of hydrogen-bond donors (Lipinski definition) is 1. The number of halogens is 1. The zero-order valence-electron chi connectivity index (χ0n) is 9.46. The van der Waals surface area contributed by atoms with Crippen LogP contribution in [0.3, 0.4) is 0 Å². The normalized spacial score (nSPS) is 11.9. The number of anilines is 1. The molecular formula is C12H15ClN2O. The molecule has 0 aliphatic heterocycles. The molecule has 0 aliphatic rings. The minimum absolute atomic E-state index is 0.385. The number of nitrogens with one attached hydrogen (secondary N) is 1. The second-order valence-electron chi connectivity index (χ2n) is 3.72. The van der Waals surface area contributed by atoms with Crippen molar-refractivity contribution in [2.45, 2.75) is 6.92 Å². The maximum atomic E-state index is 8.97. The van der Waals surface area contributed by atoms with Gasteiger partial charge in [0.05, 0.1) is 22.9 Å². The number of methoxy groups -OCH3 is 1. The van der Waals surface area contributed by atoms with Crippen molar-refractivity contribution < 1.29 is 4.74 Å². The molecule has 0 heterocycles. The van der Waals surface area contributed by atoms with E-state index in [9.17, 15) is 0 Å². The van der Waals surface area contributed by atoms with Crippen LogP contribution in [0, 0.1) is 17.2 Å². The van der Waals surface area contributed by atoms with Crippen molar-refractivity contribution in [1.82, 2.24) is 0 Å². The third-order valence-electron chi connectivity index (χ3n) is 2.22. The lowest BCUT2D eigenvalue weighted by atomic mass is 10.1. The molecule has 1 atom stereocenters. The molecule has 16 heavy (non-hydrogen) atoms. The van der Waals surface area contributed by atoms with E-state index in [2.05, 4.69) is 18.3 Å². The number of nitrogens with zero attached hydrogens (tertiary/aromatic N) is 1. The predicted octanol–water partition coefficient (Wildman–Crippen LogP) is 2.91. The highest BCUT2D eigenvalue weighted by Crippen LogP contribution is 2.23. The lowest BCUT2D eigenvalue weighted by molar-refractivity contribution is 0.164. The smallest absolute Gasteiger partial charge is 0.103 e. The summed E-state index contributed by atoms with van der Waals surface area (Å²) in [7, 11) is 1.68. The van der Waals surface area contributed by atoms with Crippen LogP contribution in [-0.2, 0) is 4.74 Å². The molecule has 86 valence electrons. The van der Waals surface area contributed by atoms with Gasteiger partial charge < -0.3 is 10.1 Å². The van der Waals surface area contributed by atoms with Gasteiger partial charge in [-0.05, 0) is 18.1 Å². The van der Waals surface area contributed by atoms with Crippen LogP contribution >= 0.6 is 11.6 Å². The lowest BCUT2D eigenvalue weighted by Crippen LogP contribution is -2.16. The maximum Gasteiger partial charge on any atom is 0.103 e. The number of hydrogen-bond acceptors (Lipinski definition) is 3. The van der Waals surface area contributed by atoms with E-state index in [0.717, 1.165) is 12.2 Å². The highest BCUT2D eigenvalue weighted by molar-refractivity contribution is 6.32. The zero-order valence-corrected chi connectivity index (χ0v) is 10.2. The van der Waals surface area contributed by atoms with Crippen molar-refractivity contribution in [1.29, 1.82) is 5.26 Å². The molecule has 0 saturated heterocycles. The van der Waals surface area contributed by atoms with Gasteiger partial charge in [-0.25, -0.2) is 0 Å². The van der Waals surface area contributed by atoms with Crippen molar-refractivity contribution in [2.24, 2.45) is 5.92 Å². The summed E-state index contributed by atoms with van der Waals surface area (Å²) in [5.74, 6) is 0.385. The first-order valence-corrected chi connectivity index (χ1v) is 5.48. The first-order chi connectivity index (χ1) is 7.69. The zero-order chi connectivity index (χ0) is 12.0. The number of rotatable bonds is 5. The van der Waals surface area contributed by atoms with Crippen molar-refractivity contribution in [3.05, 3.63) is 28.8 Å². The number of ether oxygens (including phenoxy) is 1. The van der Waals surface area contributed by atoms with Gasteiger partial charge in [0.2, 0.25) is 0 Å². The highest BCUT2D eigenvalue weighted by Gasteiger charge is 2.07. The predicted molar refractivity (Wildman–Crippen MR) is 65.7 cm³/mol. The van der Waals surface area contributed by atoms with Crippen molar-refractivity contribution in [2.75, 3.05) is 25.6 Å². The van der Waals surface area contributed by atoms with Crippen LogP contribution in [0.25, 0.3) is 0 Å². The average Bonchev–Trinajstić information content (AvgIpc) is 2.27. The minimum Gasteiger partial charge on any atom is -0.384 e. The Bertz CT molecular complexity index is 387. The summed E-state index contributed by atoms with van der Waals surface area (Å²) in [4.78, 5) is 0. The second kappa shape index (κ2) is 6.37. The van der Waals surface area contributed by atoms with Gasteiger partial charge in [0.25, 0.3) is 0 Å². The molecule has 0 bridgehead atoms. The minimum atomic E-state index is 0.385. The van der Waals surface area contributed by atoms with Crippen LogP contribution in [-0.4, -0.2) is 20.3 Å². The summed E-state index contributed by atoms with van der Waals surface area (Å²) < 4.78 is 5.04. The topological polar surface area (TPSA) is 45.0 Å². The first-order valence-electron chi connectivity index (χ1n) is 5.10. The Morgan fingerprint density at radius 2 is 2.31 bits per heavy atom. The molecule has 1 unspecified atom stereocenters. The van der Waals surface area contributed by atoms with Crippen molar-refractivity contribution in [3.8, 4) is 6.07 Å². The molecule has 0 radical (unpaired) electrons. The second-order valence-corrected chi connectivity index (χ2v) is 4.12. The van der Waals surface area contributed by atoms with Crippen LogP contribution in [0.4, 0.5) is 5.69 Å². The standard InChI is InChI=1S/C12H15ClN2O/c1-9(8-16-2)7-15-12-5-3-4-11(13)10(12)6-14/h3-5,9,15H,7-8H2,1-2H3. The molecule has 0 fully saturated rings. The van der Waals surface area contributed by atoms with E-state index in [1.165, 1.54) is 0 Å².